The van der Waals surface area contributed by atoms with Gasteiger partial charge in [0.05, 0.1) is 12.0 Å². The number of hydrogen-bond donors (Lipinski definition) is 2. The monoisotopic (exact) mass is 336 g/mol. The van der Waals surface area contributed by atoms with Crippen molar-refractivity contribution < 1.29 is 28.9 Å². The third-order valence-corrected chi connectivity index (χ3v) is 4.27. The maximum Gasteiger partial charge on any atom is 0.317 e. The molecule has 24 heavy (non-hydrogen) atoms. The van der Waals surface area contributed by atoms with Crippen molar-refractivity contribution in [3.8, 4) is 17.2 Å². The second-order valence-electron chi connectivity index (χ2n) is 6.13. The molecule has 2 heterocycles. The van der Waals surface area contributed by atoms with E-state index in [0.29, 0.717) is 43.4 Å². The third-order valence-electron chi connectivity index (χ3n) is 4.27. The summed E-state index contributed by atoms with van der Waals surface area (Å²) in [6.07, 6.45) is 0.462. The highest BCUT2D eigenvalue weighted by molar-refractivity contribution is 5.79. The van der Waals surface area contributed by atoms with Gasteiger partial charge in [0.15, 0.2) is 11.5 Å². The molecule has 1 saturated heterocycles. The second-order valence-corrected chi connectivity index (χ2v) is 6.13. The Labute approximate surface area is 139 Å². The summed E-state index contributed by atoms with van der Waals surface area (Å²) in [4.78, 5) is 24.8. The average Bonchev–Trinajstić information content (AvgIpc) is 3.18. The van der Waals surface area contributed by atoms with E-state index < -0.39 is 11.4 Å². The Morgan fingerprint density at radius 1 is 1.38 bits per heavy atom. The Morgan fingerprint density at radius 3 is 2.92 bits per heavy atom. The van der Waals surface area contributed by atoms with Gasteiger partial charge in [-0.1, -0.05) is 0 Å². The number of amides is 2. The number of rotatable bonds is 5. The minimum Gasteiger partial charge on any atom is -0.492 e. The highest BCUT2D eigenvalue weighted by Gasteiger charge is 2.42. The highest BCUT2D eigenvalue weighted by Crippen LogP contribution is 2.35. The van der Waals surface area contributed by atoms with E-state index in [1.165, 1.54) is 4.90 Å². The first-order valence-corrected chi connectivity index (χ1v) is 7.77. The van der Waals surface area contributed by atoms with E-state index in [2.05, 4.69) is 5.32 Å². The number of likely N-dealkylation sites (tertiary alicyclic amines) is 1. The molecule has 3 rings (SSSR count). The zero-order chi connectivity index (χ0) is 17.2. The SMILES string of the molecule is CC1(C(=O)O)CCN(C(=O)NCCOc2ccc3c(c2)OCO3)C1. The van der Waals surface area contributed by atoms with Gasteiger partial charge in [-0.15, -0.1) is 0 Å². The van der Waals surface area contributed by atoms with Gasteiger partial charge in [-0.3, -0.25) is 4.79 Å². The Morgan fingerprint density at radius 2 is 2.17 bits per heavy atom. The maximum absolute atomic E-state index is 12.1. The Bertz CT molecular complexity index is 649. The van der Waals surface area contributed by atoms with E-state index >= 15 is 0 Å². The zero-order valence-corrected chi connectivity index (χ0v) is 13.4. The van der Waals surface area contributed by atoms with Gasteiger partial charge in [-0.05, 0) is 25.5 Å². The molecular formula is C16H20N2O6. The van der Waals surface area contributed by atoms with E-state index in [9.17, 15) is 14.7 Å². The van der Waals surface area contributed by atoms with E-state index in [4.69, 9.17) is 14.2 Å². The number of carboxylic acids is 1. The Kier molecular flexibility index (Phi) is 4.37. The average molecular weight is 336 g/mol. The van der Waals surface area contributed by atoms with Crippen LogP contribution in [-0.2, 0) is 4.79 Å². The van der Waals surface area contributed by atoms with Crippen LogP contribution in [0.25, 0.3) is 0 Å². The molecule has 0 bridgehead atoms. The molecule has 8 heteroatoms. The van der Waals surface area contributed by atoms with E-state index in [-0.39, 0.29) is 19.4 Å². The van der Waals surface area contributed by atoms with Crippen LogP contribution in [-0.4, -0.2) is 55.0 Å². The number of fused-ring (bicyclic) bond motifs is 1. The van der Waals surface area contributed by atoms with Crippen LogP contribution in [0.4, 0.5) is 4.79 Å². The summed E-state index contributed by atoms with van der Waals surface area (Å²) in [7, 11) is 0. The fourth-order valence-corrected chi connectivity index (χ4v) is 2.71. The Hall–Kier alpha value is -2.64. The molecule has 0 saturated carbocycles. The Balaban J connectivity index is 1.41. The van der Waals surface area contributed by atoms with Gasteiger partial charge in [0.1, 0.15) is 12.4 Å². The predicted octanol–water partition coefficient (Wildman–Crippen LogP) is 1.30. The van der Waals surface area contributed by atoms with Crippen molar-refractivity contribution in [3.05, 3.63) is 18.2 Å². The molecule has 130 valence electrons. The number of carbonyl (C=O) groups is 2. The normalized spacial score (nSPS) is 21.6. The van der Waals surface area contributed by atoms with Crippen LogP contribution in [0.15, 0.2) is 18.2 Å². The van der Waals surface area contributed by atoms with Crippen molar-refractivity contribution >= 4 is 12.0 Å². The molecule has 1 unspecified atom stereocenters. The quantitative estimate of drug-likeness (QED) is 0.787. The van der Waals surface area contributed by atoms with Crippen LogP contribution < -0.4 is 19.5 Å². The van der Waals surface area contributed by atoms with Crippen molar-refractivity contribution in [2.75, 3.05) is 33.0 Å². The number of urea groups is 1. The van der Waals surface area contributed by atoms with Crippen LogP contribution in [0.2, 0.25) is 0 Å². The summed E-state index contributed by atoms with van der Waals surface area (Å²) in [5.74, 6) is 1.09. The first-order chi connectivity index (χ1) is 11.5. The van der Waals surface area contributed by atoms with E-state index in [1.807, 2.05) is 0 Å². The molecular weight excluding hydrogens is 316 g/mol. The number of hydrogen-bond acceptors (Lipinski definition) is 5. The lowest BCUT2D eigenvalue weighted by Gasteiger charge is -2.20. The number of carbonyl (C=O) groups excluding carboxylic acids is 1. The number of aliphatic carboxylic acids is 1. The summed E-state index contributed by atoms with van der Waals surface area (Å²) >= 11 is 0. The smallest absolute Gasteiger partial charge is 0.317 e. The van der Waals surface area contributed by atoms with Crippen LogP contribution in [0.5, 0.6) is 17.2 Å². The largest absolute Gasteiger partial charge is 0.492 e. The van der Waals surface area contributed by atoms with Gasteiger partial charge in [-0.25, -0.2) is 4.79 Å². The lowest BCUT2D eigenvalue weighted by molar-refractivity contribution is -0.147. The van der Waals surface area contributed by atoms with Crippen LogP contribution in [0.3, 0.4) is 0 Å². The summed E-state index contributed by atoms with van der Waals surface area (Å²) in [5.41, 5.74) is -0.861. The van der Waals surface area contributed by atoms with Crippen LogP contribution in [0.1, 0.15) is 13.3 Å². The lowest BCUT2D eigenvalue weighted by atomic mass is 9.90. The minimum absolute atomic E-state index is 0.208. The van der Waals surface area contributed by atoms with Gasteiger partial charge < -0.3 is 29.5 Å². The highest BCUT2D eigenvalue weighted by atomic mass is 16.7. The number of carboxylic acid groups (broad SMARTS) is 1. The topological polar surface area (TPSA) is 97.3 Å². The van der Waals surface area contributed by atoms with E-state index in [1.54, 1.807) is 25.1 Å². The molecule has 0 aliphatic carbocycles. The second kappa shape index (κ2) is 6.46. The standard InChI is InChI=1S/C16H20N2O6/c1-16(14(19)20)4-6-18(9-16)15(21)17-5-7-22-11-2-3-12-13(8-11)24-10-23-12/h2-3,8H,4-7,9-10H2,1H3,(H,17,21)(H,19,20). The minimum atomic E-state index is -0.871. The first kappa shape index (κ1) is 16.2. The van der Waals surface area contributed by atoms with Crippen LogP contribution in [0, 0.1) is 5.41 Å². The lowest BCUT2D eigenvalue weighted by Crippen LogP contribution is -2.42. The number of nitrogens with one attached hydrogen (secondary N) is 1. The predicted molar refractivity (Wildman–Crippen MR) is 83.4 cm³/mol. The molecule has 1 aromatic rings. The molecule has 2 amide bonds. The number of nitrogens with zero attached hydrogens (tertiary/aromatic N) is 1. The molecule has 0 spiro atoms. The molecule has 1 atom stereocenters. The molecule has 1 aromatic carbocycles. The van der Waals surface area contributed by atoms with Crippen molar-refractivity contribution in [2.24, 2.45) is 5.41 Å². The number of benzene rings is 1. The molecule has 8 nitrogen and oxygen atoms in total. The van der Waals surface area contributed by atoms with Gasteiger partial charge >= 0.3 is 12.0 Å². The fraction of sp³-hybridized carbons (Fsp3) is 0.500. The maximum atomic E-state index is 12.1. The zero-order valence-electron chi connectivity index (χ0n) is 13.4. The molecule has 0 radical (unpaired) electrons. The van der Waals surface area contributed by atoms with Crippen molar-refractivity contribution in [1.29, 1.82) is 0 Å². The summed E-state index contributed by atoms with van der Waals surface area (Å²) in [6, 6.07) is 5.01. The fourth-order valence-electron chi connectivity index (χ4n) is 2.71. The van der Waals surface area contributed by atoms with Crippen molar-refractivity contribution in [1.82, 2.24) is 10.2 Å². The van der Waals surface area contributed by atoms with Gasteiger partial charge in [0.25, 0.3) is 0 Å². The van der Waals surface area contributed by atoms with E-state index in [0.717, 1.165) is 0 Å². The summed E-state index contributed by atoms with van der Waals surface area (Å²) < 4.78 is 16.0. The molecule has 1 fully saturated rings. The van der Waals surface area contributed by atoms with Gasteiger partial charge in [0.2, 0.25) is 6.79 Å². The van der Waals surface area contributed by atoms with Crippen molar-refractivity contribution in [3.63, 3.8) is 0 Å². The van der Waals surface area contributed by atoms with Crippen LogP contribution >= 0.6 is 0 Å². The summed E-state index contributed by atoms with van der Waals surface area (Å²) in [6.45, 7) is 3.16. The molecule has 2 N–H and O–H groups in total. The molecule has 2 aliphatic rings. The molecule has 0 aromatic heterocycles. The van der Waals surface area contributed by atoms with Crippen molar-refractivity contribution in [2.45, 2.75) is 13.3 Å². The summed E-state index contributed by atoms with van der Waals surface area (Å²) in [5, 5.41) is 11.9. The number of ether oxygens (including phenoxy) is 3. The molecule has 2 aliphatic heterocycles. The van der Waals surface area contributed by atoms with Gasteiger partial charge in [0, 0.05) is 19.2 Å². The van der Waals surface area contributed by atoms with Gasteiger partial charge in [-0.2, -0.15) is 0 Å². The third kappa shape index (κ3) is 3.32. The first-order valence-electron chi connectivity index (χ1n) is 7.77.